The molecule has 0 saturated carbocycles. The molecule has 4 heteroatoms. The van der Waals surface area contributed by atoms with Crippen LogP contribution in [0.3, 0.4) is 0 Å². The zero-order chi connectivity index (χ0) is 9.42. The molecule has 2 rings (SSSR count). The summed E-state index contributed by atoms with van der Waals surface area (Å²) in [5, 5.41) is 3.88. The van der Waals surface area contributed by atoms with Gasteiger partial charge in [0.15, 0.2) is 0 Å². The summed E-state index contributed by atoms with van der Waals surface area (Å²) in [5.41, 5.74) is 1.14. The summed E-state index contributed by atoms with van der Waals surface area (Å²) in [6, 6.07) is 3.90. The number of fused-ring (bicyclic) bond motifs is 1. The number of thiophene rings is 1. The molecule has 1 heterocycles. The van der Waals surface area contributed by atoms with E-state index in [1.54, 1.807) is 11.3 Å². The standard InChI is InChI=1S/C9H6Cl2S2/c10-3-5-4-13-9-2-8(12)7(11)1-6(5)9/h1-2,4,12H,3H2. The van der Waals surface area contributed by atoms with Gasteiger partial charge in [0.2, 0.25) is 0 Å². The first-order valence-electron chi connectivity index (χ1n) is 3.67. The van der Waals surface area contributed by atoms with Crippen molar-refractivity contribution in [2.45, 2.75) is 10.8 Å². The molecule has 0 saturated heterocycles. The van der Waals surface area contributed by atoms with Crippen molar-refractivity contribution < 1.29 is 0 Å². The Hall–Kier alpha value is 0.110. The van der Waals surface area contributed by atoms with E-state index in [1.165, 1.54) is 4.70 Å². The molecular weight excluding hydrogens is 243 g/mol. The van der Waals surface area contributed by atoms with Crippen molar-refractivity contribution >= 4 is 57.3 Å². The van der Waals surface area contributed by atoms with Crippen molar-refractivity contribution in [1.29, 1.82) is 0 Å². The van der Waals surface area contributed by atoms with Gasteiger partial charge in [0.05, 0.1) is 5.02 Å². The van der Waals surface area contributed by atoms with E-state index in [9.17, 15) is 0 Å². The first-order valence-corrected chi connectivity index (χ1v) is 5.91. The summed E-state index contributed by atoms with van der Waals surface area (Å²) in [4.78, 5) is 0.817. The van der Waals surface area contributed by atoms with Crippen LogP contribution in [0.15, 0.2) is 22.4 Å². The minimum absolute atomic E-state index is 0.530. The second-order valence-corrected chi connectivity index (χ2v) is 4.76. The van der Waals surface area contributed by atoms with Crippen LogP contribution in [0.1, 0.15) is 5.56 Å². The van der Waals surface area contributed by atoms with Gasteiger partial charge in [-0.25, -0.2) is 0 Å². The SMILES string of the molecule is Sc1cc2scc(CCl)c2cc1Cl. The van der Waals surface area contributed by atoms with Crippen LogP contribution in [-0.4, -0.2) is 0 Å². The molecule has 0 aliphatic rings. The first kappa shape index (κ1) is 9.66. The molecule has 0 fully saturated rings. The van der Waals surface area contributed by atoms with Crippen LogP contribution in [0.2, 0.25) is 5.02 Å². The molecule has 0 atom stereocenters. The Morgan fingerprint density at radius 3 is 2.85 bits per heavy atom. The van der Waals surface area contributed by atoms with E-state index in [0.29, 0.717) is 10.9 Å². The van der Waals surface area contributed by atoms with E-state index in [2.05, 4.69) is 18.0 Å². The molecule has 1 aromatic carbocycles. The summed E-state index contributed by atoms with van der Waals surface area (Å²) in [6.45, 7) is 0. The van der Waals surface area contributed by atoms with Gasteiger partial charge in [-0.3, -0.25) is 0 Å². The lowest BCUT2D eigenvalue weighted by Gasteiger charge is -1.97. The lowest BCUT2D eigenvalue weighted by molar-refractivity contribution is 1.48. The molecule has 0 unspecified atom stereocenters. The number of rotatable bonds is 1. The third-order valence-electron chi connectivity index (χ3n) is 1.87. The monoisotopic (exact) mass is 248 g/mol. The largest absolute Gasteiger partial charge is 0.143 e. The fourth-order valence-corrected chi connectivity index (χ4v) is 2.93. The molecule has 68 valence electrons. The maximum atomic E-state index is 5.96. The van der Waals surface area contributed by atoms with Crippen molar-refractivity contribution in [3.8, 4) is 0 Å². The Kier molecular flexibility index (Phi) is 2.75. The molecule has 0 radical (unpaired) electrons. The maximum Gasteiger partial charge on any atom is 0.0546 e. The highest BCUT2D eigenvalue weighted by Gasteiger charge is 2.05. The summed E-state index contributed by atoms with van der Waals surface area (Å²) in [5.74, 6) is 0.530. The summed E-state index contributed by atoms with van der Waals surface area (Å²) in [7, 11) is 0. The van der Waals surface area contributed by atoms with E-state index >= 15 is 0 Å². The lowest BCUT2D eigenvalue weighted by Crippen LogP contribution is -1.74. The fraction of sp³-hybridized carbons (Fsp3) is 0.111. The van der Waals surface area contributed by atoms with Gasteiger partial charge >= 0.3 is 0 Å². The molecule has 2 aromatic rings. The number of hydrogen-bond donors (Lipinski definition) is 1. The van der Waals surface area contributed by atoms with Crippen LogP contribution < -0.4 is 0 Å². The van der Waals surface area contributed by atoms with Crippen LogP contribution in [0.4, 0.5) is 0 Å². The zero-order valence-electron chi connectivity index (χ0n) is 6.55. The number of hydrogen-bond acceptors (Lipinski definition) is 2. The van der Waals surface area contributed by atoms with E-state index in [-0.39, 0.29) is 0 Å². The molecule has 0 aliphatic carbocycles. The third kappa shape index (κ3) is 1.68. The van der Waals surface area contributed by atoms with Gasteiger partial charge in [0, 0.05) is 15.5 Å². The van der Waals surface area contributed by atoms with Gasteiger partial charge in [-0.05, 0) is 28.5 Å². The van der Waals surface area contributed by atoms with Crippen molar-refractivity contribution in [1.82, 2.24) is 0 Å². The van der Waals surface area contributed by atoms with Crippen molar-refractivity contribution in [3.05, 3.63) is 28.1 Å². The summed E-state index contributed by atoms with van der Waals surface area (Å²) >= 11 is 17.7. The van der Waals surface area contributed by atoms with Crippen LogP contribution in [-0.2, 0) is 5.88 Å². The average molecular weight is 249 g/mol. The second kappa shape index (κ2) is 3.70. The van der Waals surface area contributed by atoms with E-state index in [0.717, 1.165) is 15.8 Å². The number of benzene rings is 1. The topological polar surface area (TPSA) is 0 Å². The highest BCUT2D eigenvalue weighted by Crippen LogP contribution is 2.33. The number of thiol groups is 1. The Labute approximate surface area is 95.9 Å². The van der Waals surface area contributed by atoms with Crippen LogP contribution in [0, 0.1) is 0 Å². The van der Waals surface area contributed by atoms with Gasteiger partial charge in [-0.2, -0.15) is 0 Å². The van der Waals surface area contributed by atoms with Crippen LogP contribution >= 0.6 is 47.2 Å². The van der Waals surface area contributed by atoms with Gasteiger partial charge in [0.1, 0.15) is 0 Å². The van der Waals surface area contributed by atoms with Gasteiger partial charge in [-0.1, -0.05) is 11.6 Å². The fourth-order valence-electron chi connectivity index (χ4n) is 1.19. The van der Waals surface area contributed by atoms with E-state index in [1.807, 2.05) is 12.1 Å². The van der Waals surface area contributed by atoms with Crippen molar-refractivity contribution in [2.75, 3.05) is 0 Å². The van der Waals surface area contributed by atoms with Crippen LogP contribution in [0.5, 0.6) is 0 Å². The molecule has 13 heavy (non-hydrogen) atoms. The maximum absolute atomic E-state index is 5.96. The molecule has 0 amide bonds. The number of halogens is 2. The molecule has 0 spiro atoms. The summed E-state index contributed by atoms with van der Waals surface area (Å²) < 4.78 is 1.19. The van der Waals surface area contributed by atoms with E-state index < -0.39 is 0 Å². The molecule has 0 aliphatic heterocycles. The Morgan fingerprint density at radius 1 is 1.38 bits per heavy atom. The second-order valence-electron chi connectivity index (χ2n) is 2.69. The molecule has 0 N–H and O–H groups in total. The minimum Gasteiger partial charge on any atom is -0.143 e. The lowest BCUT2D eigenvalue weighted by atomic mass is 10.2. The molecule has 0 nitrogen and oxygen atoms in total. The van der Waals surface area contributed by atoms with Gasteiger partial charge < -0.3 is 0 Å². The highest BCUT2D eigenvalue weighted by atomic mass is 35.5. The molecule has 0 bridgehead atoms. The quantitative estimate of drug-likeness (QED) is 0.555. The smallest absolute Gasteiger partial charge is 0.0546 e. The predicted octanol–water partition coefficient (Wildman–Crippen LogP) is 4.58. The predicted molar refractivity (Wildman–Crippen MR) is 63.6 cm³/mol. The Morgan fingerprint density at radius 2 is 2.15 bits per heavy atom. The van der Waals surface area contributed by atoms with Crippen molar-refractivity contribution in [3.63, 3.8) is 0 Å². The third-order valence-corrected chi connectivity index (χ3v) is 3.96. The summed E-state index contributed by atoms with van der Waals surface area (Å²) in [6.07, 6.45) is 0. The highest BCUT2D eigenvalue weighted by molar-refractivity contribution is 7.80. The Balaban J connectivity index is 2.77. The van der Waals surface area contributed by atoms with Crippen LogP contribution in [0.25, 0.3) is 10.1 Å². The molecular formula is C9H6Cl2S2. The van der Waals surface area contributed by atoms with Gasteiger partial charge in [-0.15, -0.1) is 35.6 Å². The van der Waals surface area contributed by atoms with E-state index in [4.69, 9.17) is 23.2 Å². The first-order chi connectivity index (χ1) is 6.22. The average Bonchev–Trinajstić information content (AvgIpc) is 2.48. The normalized spacial score (nSPS) is 11.0. The number of alkyl halides is 1. The Bertz CT molecular complexity index is 448. The minimum atomic E-state index is 0.530. The van der Waals surface area contributed by atoms with Crippen molar-refractivity contribution in [2.24, 2.45) is 0 Å². The zero-order valence-corrected chi connectivity index (χ0v) is 9.77. The molecule has 1 aromatic heterocycles. The van der Waals surface area contributed by atoms with Gasteiger partial charge in [0.25, 0.3) is 0 Å².